The summed E-state index contributed by atoms with van der Waals surface area (Å²) in [6.07, 6.45) is 1.49. The molecule has 6 nitrogen and oxygen atoms in total. The number of Topliss-reactive ketones (excluding diaryl/α,β-unsaturated/α-hetero) is 1. The number of primary amides is 2. The lowest BCUT2D eigenvalue weighted by molar-refractivity contribution is -0.923. The summed E-state index contributed by atoms with van der Waals surface area (Å²) in [5.74, 6) is -0.767. The first-order chi connectivity index (χ1) is 13.7. The summed E-state index contributed by atoms with van der Waals surface area (Å²) in [5.41, 5.74) is 13.3. The molecular formula is C21H25ClN3O3S+. The van der Waals surface area contributed by atoms with Gasteiger partial charge in [0.15, 0.2) is 0 Å². The first-order valence-electron chi connectivity index (χ1n) is 9.48. The fourth-order valence-corrected chi connectivity index (χ4v) is 5.51. The predicted molar refractivity (Wildman–Crippen MR) is 114 cm³/mol. The van der Waals surface area contributed by atoms with Crippen molar-refractivity contribution in [3.8, 4) is 0 Å². The zero-order chi connectivity index (χ0) is 21.2. The van der Waals surface area contributed by atoms with Gasteiger partial charge in [0.2, 0.25) is 11.8 Å². The summed E-state index contributed by atoms with van der Waals surface area (Å²) >= 11 is 7.39. The van der Waals surface area contributed by atoms with Gasteiger partial charge in [-0.1, -0.05) is 23.7 Å². The van der Waals surface area contributed by atoms with Gasteiger partial charge in [0.1, 0.15) is 12.3 Å². The Balaban J connectivity index is 1.79. The fourth-order valence-electron chi connectivity index (χ4n) is 3.82. The van der Waals surface area contributed by atoms with Gasteiger partial charge >= 0.3 is 0 Å². The van der Waals surface area contributed by atoms with E-state index in [4.69, 9.17) is 23.1 Å². The number of nitrogens with zero attached hydrogens (tertiary/aromatic N) is 1. The molecule has 1 aromatic carbocycles. The third-order valence-corrected chi connectivity index (χ3v) is 6.88. The van der Waals surface area contributed by atoms with Gasteiger partial charge < -0.3 is 16.0 Å². The van der Waals surface area contributed by atoms with Crippen molar-refractivity contribution in [1.82, 2.24) is 0 Å². The van der Waals surface area contributed by atoms with Crippen LogP contribution in [0.5, 0.6) is 0 Å². The molecule has 2 amide bonds. The molecule has 1 aliphatic rings. The van der Waals surface area contributed by atoms with E-state index in [0.29, 0.717) is 41.0 Å². The van der Waals surface area contributed by atoms with E-state index in [1.807, 2.05) is 12.1 Å². The molecule has 0 aliphatic carbocycles. The van der Waals surface area contributed by atoms with E-state index in [1.54, 1.807) is 12.1 Å². The molecule has 2 heterocycles. The van der Waals surface area contributed by atoms with Gasteiger partial charge in [-0.25, -0.2) is 0 Å². The highest BCUT2D eigenvalue weighted by molar-refractivity contribution is 7.12. The number of halogens is 1. The molecule has 154 valence electrons. The summed E-state index contributed by atoms with van der Waals surface area (Å²) in [7, 11) is 2.08. The number of quaternary nitrogens is 1. The SMILES string of the molecule is C[N+]1(CCC(N)=O)CCc2c(sc(CC(=O)Cc3ccc(Cl)cc3)c2C(N)=O)C1. The van der Waals surface area contributed by atoms with Gasteiger partial charge in [-0.15, -0.1) is 11.3 Å². The van der Waals surface area contributed by atoms with Crippen LogP contribution in [0.15, 0.2) is 24.3 Å². The van der Waals surface area contributed by atoms with Gasteiger partial charge in [0, 0.05) is 29.2 Å². The number of carbonyl (C=O) groups excluding carboxylic acids is 3. The van der Waals surface area contributed by atoms with Crippen molar-refractivity contribution in [3.05, 3.63) is 55.7 Å². The first kappa shape index (κ1) is 21.5. The molecule has 29 heavy (non-hydrogen) atoms. The van der Waals surface area contributed by atoms with E-state index in [0.717, 1.165) is 27.4 Å². The van der Waals surface area contributed by atoms with Crippen LogP contribution in [0.3, 0.4) is 0 Å². The molecule has 1 aromatic heterocycles. The molecule has 0 fully saturated rings. The van der Waals surface area contributed by atoms with E-state index in [-0.39, 0.29) is 24.5 Å². The Labute approximate surface area is 179 Å². The quantitative estimate of drug-likeness (QED) is 0.622. The standard InChI is InChI=1S/C21H24ClN3O3S/c1-25(9-7-19(23)27)8-6-16-18(12-25)29-17(20(16)21(24)28)11-15(26)10-13-2-4-14(22)5-3-13/h2-5H,6-12H2,1H3,(H3-,23,24,27,28)/p+1. The first-order valence-corrected chi connectivity index (χ1v) is 10.7. The van der Waals surface area contributed by atoms with Crippen LogP contribution >= 0.6 is 22.9 Å². The minimum Gasteiger partial charge on any atom is -0.369 e. The Morgan fingerprint density at radius 3 is 2.45 bits per heavy atom. The average Bonchev–Trinajstić information content (AvgIpc) is 2.98. The molecule has 2 aromatic rings. The lowest BCUT2D eigenvalue weighted by atomic mass is 9.97. The van der Waals surface area contributed by atoms with E-state index in [2.05, 4.69) is 7.05 Å². The second-order valence-corrected chi connectivity index (χ2v) is 9.50. The molecule has 1 aliphatic heterocycles. The van der Waals surface area contributed by atoms with Crippen molar-refractivity contribution in [2.24, 2.45) is 11.5 Å². The lowest BCUT2D eigenvalue weighted by Gasteiger charge is -2.37. The molecule has 0 bridgehead atoms. The lowest BCUT2D eigenvalue weighted by Crippen LogP contribution is -2.48. The van der Waals surface area contributed by atoms with Crippen molar-refractivity contribution < 1.29 is 18.9 Å². The van der Waals surface area contributed by atoms with E-state index >= 15 is 0 Å². The molecule has 0 saturated carbocycles. The molecule has 1 unspecified atom stereocenters. The molecule has 1 atom stereocenters. The minimum absolute atomic E-state index is 0.0272. The van der Waals surface area contributed by atoms with Crippen molar-refractivity contribution in [1.29, 1.82) is 0 Å². The Morgan fingerprint density at radius 1 is 1.14 bits per heavy atom. The molecule has 8 heteroatoms. The number of nitrogens with two attached hydrogens (primary N) is 2. The highest BCUT2D eigenvalue weighted by Gasteiger charge is 2.34. The van der Waals surface area contributed by atoms with Crippen molar-refractivity contribution in [2.45, 2.75) is 32.2 Å². The van der Waals surface area contributed by atoms with Gasteiger partial charge in [-0.3, -0.25) is 14.4 Å². The number of thiophene rings is 1. The zero-order valence-corrected chi connectivity index (χ0v) is 17.9. The molecule has 0 saturated heterocycles. The Morgan fingerprint density at radius 2 is 1.83 bits per heavy atom. The summed E-state index contributed by atoms with van der Waals surface area (Å²) in [5, 5.41) is 0.626. The summed E-state index contributed by atoms with van der Waals surface area (Å²) < 4.78 is 0.687. The average molecular weight is 435 g/mol. The maximum absolute atomic E-state index is 12.6. The Kier molecular flexibility index (Phi) is 6.41. The molecule has 0 radical (unpaired) electrons. The summed E-state index contributed by atoms with van der Waals surface area (Å²) in [6.45, 7) is 2.16. The van der Waals surface area contributed by atoms with Gasteiger partial charge in [0.05, 0.1) is 37.0 Å². The smallest absolute Gasteiger partial charge is 0.250 e. The second kappa shape index (κ2) is 8.65. The summed E-state index contributed by atoms with van der Waals surface area (Å²) in [4.78, 5) is 37.8. The number of amides is 2. The van der Waals surface area contributed by atoms with Crippen LogP contribution < -0.4 is 11.5 Å². The summed E-state index contributed by atoms with van der Waals surface area (Å²) in [6, 6.07) is 7.17. The number of hydrogen-bond donors (Lipinski definition) is 2. The van der Waals surface area contributed by atoms with Crippen LogP contribution in [-0.2, 0) is 35.4 Å². The highest BCUT2D eigenvalue weighted by Crippen LogP contribution is 2.36. The second-order valence-electron chi connectivity index (χ2n) is 7.88. The molecule has 0 spiro atoms. The van der Waals surface area contributed by atoms with Crippen LogP contribution in [-0.4, -0.2) is 42.2 Å². The molecule has 4 N–H and O–H groups in total. The van der Waals surface area contributed by atoms with Crippen molar-refractivity contribution in [2.75, 3.05) is 20.1 Å². The maximum Gasteiger partial charge on any atom is 0.250 e. The fraction of sp³-hybridized carbons (Fsp3) is 0.381. The van der Waals surface area contributed by atoms with Gasteiger partial charge in [-0.2, -0.15) is 0 Å². The largest absolute Gasteiger partial charge is 0.369 e. The number of hydrogen-bond acceptors (Lipinski definition) is 4. The van der Waals surface area contributed by atoms with Crippen molar-refractivity contribution in [3.63, 3.8) is 0 Å². The molecular weight excluding hydrogens is 410 g/mol. The minimum atomic E-state index is -0.481. The monoisotopic (exact) mass is 434 g/mol. The van der Waals surface area contributed by atoms with Gasteiger partial charge in [0.25, 0.3) is 0 Å². The maximum atomic E-state index is 12.6. The Hall–Kier alpha value is -2.22. The Bertz CT molecular complexity index is 955. The third-order valence-electron chi connectivity index (χ3n) is 5.41. The third kappa shape index (κ3) is 5.23. The highest BCUT2D eigenvalue weighted by atomic mass is 35.5. The number of rotatable bonds is 8. The van der Waals surface area contributed by atoms with Gasteiger partial charge in [-0.05, 0) is 23.3 Å². The number of likely N-dealkylation sites (N-methyl/N-ethyl adjacent to an activating group) is 1. The van der Waals surface area contributed by atoms with Crippen molar-refractivity contribution >= 4 is 40.5 Å². The number of carbonyl (C=O) groups is 3. The normalized spacial score (nSPS) is 18.3. The van der Waals surface area contributed by atoms with Crippen LogP contribution in [0.1, 0.15) is 37.7 Å². The predicted octanol–water partition coefficient (Wildman–Crippen LogP) is 2.23. The molecule has 3 rings (SSSR count). The number of ketones is 1. The zero-order valence-electron chi connectivity index (χ0n) is 16.4. The van der Waals surface area contributed by atoms with E-state index in [1.165, 1.54) is 11.3 Å². The van der Waals surface area contributed by atoms with E-state index < -0.39 is 5.91 Å². The van der Waals surface area contributed by atoms with E-state index in [9.17, 15) is 14.4 Å². The number of fused-ring (bicyclic) bond motifs is 1. The van der Waals surface area contributed by atoms with Crippen LogP contribution in [0.4, 0.5) is 0 Å². The van der Waals surface area contributed by atoms with Crippen LogP contribution in [0.2, 0.25) is 5.02 Å². The topological polar surface area (TPSA) is 103 Å². The van der Waals surface area contributed by atoms with Crippen LogP contribution in [0.25, 0.3) is 0 Å². The van der Waals surface area contributed by atoms with Crippen LogP contribution in [0, 0.1) is 0 Å². The number of benzene rings is 1.